The molecule has 3 aromatic rings. The molecule has 0 saturated carbocycles. The first-order chi connectivity index (χ1) is 22.1. The Morgan fingerprint density at radius 3 is 1.85 bits per heavy atom. The molecular weight excluding hydrogens is 609 g/mol. The van der Waals surface area contributed by atoms with Gasteiger partial charge in [-0.05, 0) is 83.3 Å². The molecule has 0 aliphatic heterocycles. The second-order valence-corrected chi connectivity index (χ2v) is 14.9. The van der Waals surface area contributed by atoms with Crippen molar-refractivity contribution in [3.63, 3.8) is 0 Å². The van der Waals surface area contributed by atoms with Crippen LogP contribution in [0.1, 0.15) is 128 Å². The molecule has 8 nitrogen and oxygen atoms in total. The molecule has 3 rings (SSSR count). The molecule has 9 heteroatoms. The largest absolute Gasteiger partial charge is 0.354 e. The first-order valence-corrected chi connectivity index (χ1v) is 18.4. The Hall–Kier alpha value is -3.85. The molecule has 0 atom stereocenters. The monoisotopic (exact) mass is 662 g/mol. The van der Waals surface area contributed by atoms with E-state index >= 15 is 0 Å². The van der Waals surface area contributed by atoms with Gasteiger partial charge >= 0.3 is 0 Å². The zero-order valence-electron chi connectivity index (χ0n) is 29.7. The van der Waals surface area contributed by atoms with Gasteiger partial charge in [0.25, 0.3) is 10.0 Å². The maximum Gasteiger partial charge on any atom is 0.262 e. The zero-order chi connectivity index (χ0) is 34.9. The molecule has 256 valence electrons. The highest BCUT2D eigenvalue weighted by Crippen LogP contribution is 2.37. The van der Waals surface area contributed by atoms with Crippen LogP contribution in [-0.2, 0) is 19.6 Å². The summed E-state index contributed by atoms with van der Waals surface area (Å²) in [6.07, 6.45) is 5.53. The summed E-state index contributed by atoms with van der Waals surface area (Å²) in [6, 6.07) is 16.6. The highest BCUT2D eigenvalue weighted by molar-refractivity contribution is 7.92. The van der Waals surface area contributed by atoms with Gasteiger partial charge in [-0.2, -0.15) is 0 Å². The van der Waals surface area contributed by atoms with Gasteiger partial charge in [-0.3, -0.25) is 14.3 Å². The standard InChI is InChI=1S/C38H54N4O4S/c1-10-11-12-13-14-15-37(44)40-36-24-31(18-21-35(36)39-30-16-19-32(20-17-30)42(9)28(8)43)41-47(45,46)38-33(26(4)5)22-29(25(2)3)23-34(38)27(6)7/h16-27,39,41H,10-15H2,1-9H3,(H,40,44). The highest BCUT2D eigenvalue weighted by Gasteiger charge is 2.27. The van der Waals surface area contributed by atoms with Crippen molar-refractivity contribution in [3.05, 3.63) is 71.3 Å². The van der Waals surface area contributed by atoms with E-state index in [1.165, 1.54) is 6.92 Å². The fraction of sp³-hybridized carbons (Fsp3) is 0.474. The van der Waals surface area contributed by atoms with Crippen LogP contribution in [0.3, 0.4) is 0 Å². The van der Waals surface area contributed by atoms with Crippen molar-refractivity contribution < 1.29 is 18.0 Å². The van der Waals surface area contributed by atoms with Crippen LogP contribution in [0.4, 0.5) is 28.4 Å². The lowest BCUT2D eigenvalue weighted by Gasteiger charge is -2.23. The number of nitrogens with one attached hydrogen (secondary N) is 3. The number of carbonyl (C=O) groups excluding carboxylic acids is 2. The molecule has 3 aromatic carbocycles. The fourth-order valence-electron chi connectivity index (χ4n) is 5.43. The molecule has 0 saturated heterocycles. The Morgan fingerprint density at radius 2 is 1.32 bits per heavy atom. The van der Waals surface area contributed by atoms with E-state index in [9.17, 15) is 18.0 Å². The molecule has 0 aliphatic carbocycles. The minimum absolute atomic E-state index is 0.00171. The van der Waals surface area contributed by atoms with Gasteiger partial charge in [-0.1, -0.05) is 86.3 Å². The lowest BCUT2D eigenvalue weighted by atomic mass is 9.89. The fourth-order valence-corrected chi connectivity index (χ4v) is 7.18. The summed E-state index contributed by atoms with van der Waals surface area (Å²) in [6.45, 7) is 16.0. The van der Waals surface area contributed by atoms with Crippen LogP contribution in [-0.4, -0.2) is 27.3 Å². The van der Waals surface area contributed by atoms with Crippen LogP contribution in [0, 0.1) is 0 Å². The van der Waals surface area contributed by atoms with Crippen LogP contribution in [0.25, 0.3) is 0 Å². The minimum atomic E-state index is -3.98. The van der Waals surface area contributed by atoms with E-state index in [4.69, 9.17) is 0 Å². The molecule has 0 unspecified atom stereocenters. The molecule has 0 radical (unpaired) electrons. The molecule has 47 heavy (non-hydrogen) atoms. The van der Waals surface area contributed by atoms with E-state index in [0.717, 1.165) is 60.2 Å². The maximum atomic E-state index is 14.2. The predicted octanol–water partition coefficient (Wildman–Crippen LogP) is 9.88. The first-order valence-electron chi connectivity index (χ1n) is 16.9. The third-order valence-corrected chi connectivity index (χ3v) is 9.92. The number of carbonyl (C=O) groups is 2. The molecule has 3 N–H and O–H groups in total. The number of hydrogen-bond acceptors (Lipinski definition) is 5. The number of benzene rings is 3. The Kier molecular flexibility index (Phi) is 13.5. The molecule has 0 heterocycles. The molecule has 2 amide bonds. The van der Waals surface area contributed by atoms with Gasteiger partial charge < -0.3 is 15.5 Å². The Bertz CT molecular complexity index is 1600. The summed E-state index contributed by atoms with van der Waals surface area (Å²) in [5.74, 6) is 0.0619. The van der Waals surface area contributed by atoms with E-state index in [2.05, 4.69) is 36.1 Å². The molecule has 0 fully saturated rings. The second-order valence-electron chi connectivity index (χ2n) is 13.3. The van der Waals surface area contributed by atoms with E-state index in [-0.39, 0.29) is 29.6 Å². The third kappa shape index (κ3) is 10.3. The summed E-state index contributed by atoms with van der Waals surface area (Å²) < 4.78 is 31.2. The predicted molar refractivity (Wildman–Crippen MR) is 197 cm³/mol. The van der Waals surface area contributed by atoms with Crippen LogP contribution in [0.15, 0.2) is 59.5 Å². The van der Waals surface area contributed by atoms with E-state index in [1.807, 2.05) is 64.1 Å². The summed E-state index contributed by atoms with van der Waals surface area (Å²) in [5, 5.41) is 6.37. The van der Waals surface area contributed by atoms with Gasteiger partial charge in [0.05, 0.1) is 22.0 Å². The number of amides is 2. The average molecular weight is 663 g/mol. The first kappa shape index (κ1) is 37.6. The lowest BCUT2D eigenvalue weighted by Crippen LogP contribution is -2.22. The number of rotatable bonds is 16. The van der Waals surface area contributed by atoms with Crippen molar-refractivity contribution in [2.24, 2.45) is 0 Å². The van der Waals surface area contributed by atoms with Gasteiger partial charge in [0.15, 0.2) is 0 Å². The van der Waals surface area contributed by atoms with Gasteiger partial charge in [-0.25, -0.2) is 8.42 Å². The maximum absolute atomic E-state index is 14.2. The summed E-state index contributed by atoms with van der Waals surface area (Å²) in [5.41, 5.74) is 5.65. The third-order valence-electron chi connectivity index (χ3n) is 8.41. The number of hydrogen-bond donors (Lipinski definition) is 3. The Balaban J connectivity index is 2.00. The average Bonchev–Trinajstić information content (AvgIpc) is 3.01. The van der Waals surface area contributed by atoms with Crippen LogP contribution >= 0.6 is 0 Å². The number of anilines is 5. The second kappa shape index (κ2) is 16.8. The van der Waals surface area contributed by atoms with Crippen LogP contribution < -0.4 is 20.3 Å². The van der Waals surface area contributed by atoms with Gasteiger partial charge in [0, 0.05) is 31.8 Å². The van der Waals surface area contributed by atoms with Crippen LogP contribution in [0.5, 0.6) is 0 Å². The number of nitrogens with zero attached hydrogens (tertiary/aromatic N) is 1. The zero-order valence-corrected chi connectivity index (χ0v) is 30.5. The molecule has 0 aliphatic rings. The van der Waals surface area contributed by atoms with E-state index in [1.54, 1.807) is 30.1 Å². The highest BCUT2D eigenvalue weighted by atomic mass is 32.2. The molecule has 0 spiro atoms. The molecule has 0 aromatic heterocycles. The SMILES string of the molecule is CCCCCCCC(=O)Nc1cc(NS(=O)(=O)c2c(C(C)C)cc(C(C)C)cc2C(C)C)ccc1Nc1ccc(N(C)C(C)=O)cc1. The van der Waals surface area contributed by atoms with Crippen molar-refractivity contribution in [3.8, 4) is 0 Å². The van der Waals surface area contributed by atoms with Crippen molar-refractivity contribution in [2.75, 3.05) is 27.3 Å². The van der Waals surface area contributed by atoms with Gasteiger partial charge in [0.2, 0.25) is 11.8 Å². The van der Waals surface area contributed by atoms with Gasteiger partial charge in [0.1, 0.15) is 0 Å². The molecule has 0 bridgehead atoms. The summed E-state index contributed by atoms with van der Waals surface area (Å²) >= 11 is 0. The quantitative estimate of drug-likeness (QED) is 0.132. The van der Waals surface area contributed by atoms with Crippen molar-refractivity contribution in [1.29, 1.82) is 0 Å². The van der Waals surface area contributed by atoms with Crippen molar-refractivity contribution in [1.82, 2.24) is 0 Å². The summed E-state index contributed by atoms with van der Waals surface area (Å²) in [7, 11) is -2.27. The molecular formula is C38H54N4O4S. The van der Waals surface area contributed by atoms with Crippen molar-refractivity contribution in [2.45, 2.75) is 117 Å². The number of sulfonamides is 1. The summed E-state index contributed by atoms with van der Waals surface area (Å²) in [4.78, 5) is 26.7. The normalized spacial score (nSPS) is 11.7. The Labute approximate surface area is 282 Å². The van der Waals surface area contributed by atoms with E-state index < -0.39 is 10.0 Å². The van der Waals surface area contributed by atoms with Crippen LogP contribution in [0.2, 0.25) is 0 Å². The minimum Gasteiger partial charge on any atom is -0.354 e. The van der Waals surface area contributed by atoms with Gasteiger partial charge in [-0.15, -0.1) is 0 Å². The topological polar surface area (TPSA) is 108 Å². The smallest absolute Gasteiger partial charge is 0.262 e. The lowest BCUT2D eigenvalue weighted by molar-refractivity contribution is -0.117. The Morgan fingerprint density at radius 1 is 0.745 bits per heavy atom. The van der Waals surface area contributed by atoms with Crippen molar-refractivity contribution >= 4 is 50.3 Å². The van der Waals surface area contributed by atoms with E-state index in [0.29, 0.717) is 28.4 Å². The number of unbranched alkanes of at least 4 members (excludes halogenated alkanes) is 4.